The maximum atomic E-state index is 12.7. The summed E-state index contributed by atoms with van der Waals surface area (Å²) >= 11 is 0. The third-order valence-corrected chi connectivity index (χ3v) is 4.12. The van der Waals surface area contributed by atoms with Gasteiger partial charge in [0, 0.05) is 18.0 Å². The summed E-state index contributed by atoms with van der Waals surface area (Å²) in [5.41, 5.74) is 2.09. The number of H-pyrrole nitrogens is 1. The van der Waals surface area contributed by atoms with Gasteiger partial charge in [0.1, 0.15) is 5.75 Å². The third-order valence-electron chi connectivity index (χ3n) is 4.12. The first-order chi connectivity index (χ1) is 14.1. The van der Waals surface area contributed by atoms with Crippen LogP contribution in [0.5, 0.6) is 17.5 Å². The maximum Gasteiger partial charge on any atom is 0.283 e. The highest BCUT2D eigenvalue weighted by Gasteiger charge is 2.15. The molecule has 0 bridgehead atoms. The number of nitrogens with one attached hydrogen (secondary N) is 1. The Kier molecular flexibility index (Phi) is 5.20. The van der Waals surface area contributed by atoms with Crippen LogP contribution in [-0.2, 0) is 0 Å². The molecule has 0 amide bonds. The number of ketones is 1. The van der Waals surface area contributed by atoms with Crippen LogP contribution < -0.4 is 9.47 Å². The summed E-state index contributed by atoms with van der Waals surface area (Å²) in [6.45, 7) is 4.61. The molecule has 2 aromatic heterocycles. The molecule has 2 heterocycles. The van der Waals surface area contributed by atoms with Crippen molar-refractivity contribution in [2.24, 2.45) is 5.92 Å². The highest BCUT2D eigenvalue weighted by Crippen LogP contribution is 2.27. The number of hydrogen-bond donors (Lipinski definition) is 1. The fourth-order valence-corrected chi connectivity index (χ4v) is 2.71. The van der Waals surface area contributed by atoms with Gasteiger partial charge in [-0.3, -0.25) is 4.79 Å². The van der Waals surface area contributed by atoms with Gasteiger partial charge in [0.05, 0.1) is 17.6 Å². The molecule has 7 heteroatoms. The minimum Gasteiger partial charge on any atom is -0.474 e. The summed E-state index contributed by atoms with van der Waals surface area (Å²) in [5.74, 6) is 1.62. The fourth-order valence-electron chi connectivity index (χ4n) is 2.71. The predicted octanol–water partition coefficient (Wildman–Crippen LogP) is 4.41. The van der Waals surface area contributed by atoms with Crippen LogP contribution in [0, 0.1) is 5.92 Å². The van der Waals surface area contributed by atoms with Gasteiger partial charge in [-0.05, 0) is 42.3 Å². The molecule has 0 aliphatic heterocycles. The minimum atomic E-state index is -0.187. The number of rotatable bonds is 7. The zero-order valence-corrected chi connectivity index (χ0v) is 16.1. The van der Waals surface area contributed by atoms with Crippen molar-refractivity contribution >= 4 is 16.8 Å². The molecule has 0 aliphatic carbocycles. The van der Waals surface area contributed by atoms with Crippen molar-refractivity contribution in [1.82, 2.24) is 19.9 Å². The van der Waals surface area contributed by atoms with Gasteiger partial charge >= 0.3 is 0 Å². The van der Waals surface area contributed by atoms with Crippen LogP contribution in [0.1, 0.15) is 30.0 Å². The first-order valence-electron chi connectivity index (χ1n) is 9.31. The van der Waals surface area contributed by atoms with E-state index in [9.17, 15) is 4.79 Å². The molecule has 0 saturated carbocycles. The van der Waals surface area contributed by atoms with Gasteiger partial charge in [-0.25, -0.2) is 15.0 Å². The molecule has 146 valence electrons. The van der Waals surface area contributed by atoms with Crippen molar-refractivity contribution in [3.8, 4) is 17.5 Å². The molecular weight excluding hydrogens is 368 g/mol. The Morgan fingerprint density at radius 3 is 2.45 bits per heavy atom. The van der Waals surface area contributed by atoms with E-state index in [1.807, 2.05) is 24.3 Å². The first kappa shape index (κ1) is 18.6. The number of hydrogen-bond acceptors (Lipinski definition) is 6. The molecule has 1 N–H and O–H groups in total. The topological polar surface area (TPSA) is 90.0 Å². The summed E-state index contributed by atoms with van der Waals surface area (Å²) < 4.78 is 11.5. The van der Waals surface area contributed by atoms with E-state index in [0.29, 0.717) is 35.5 Å². The number of carbonyl (C=O) groups is 1. The summed E-state index contributed by atoms with van der Waals surface area (Å²) in [4.78, 5) is 28.5. The Hall–Kier alpha value is -3.74. The Bertz CT molecular complexity index is 1100. The van der Waals surface area contributed by atoms with Gasteiger partial charge in [0.15, 0.2) is 5.82 Å². The number of para-hydroxylation sites is 2. The van der Waals surface area contributed by atoms with Gasteiger partial charge in [-0.2, -0.15) is 0 Å². The highest BCUT2D eigenvalue weighted by molar-refractivity contribution is 6.08. The van der Waals surface area contributed by atoms with Gasteiger partial charge in [0.2, 0.25) is 5.78 Å². The average Bonchev–Trinajstić information content (AvgIpc) is 3.17. The third kappa shape index (κ3) is 4.24. The number of fused-ring (bicyclic) bond motifs is 1. The van der Waals surface area contributed by atoms with E-state index in [4.69, 9.17) is 9.47 Å². The second-order valence-corrected chi connectivity index (χ2v) is 6.93. The number of imidazole rings is 1. The van der Waals surface area contributed by atoms with Crippen LogP contribution in [0.15, 0.2) is 60.9 Å². The smallest absolute Gasteiger partial charge is 0.283 e. The number of nitrogens with zero attached hydrogens (tertiary/aromatic N) is 3. The molecule has 0 radical (unpaired) electrons. The van der Waals surface area contributed by atoms with Crippen molar-refractivity contribution < 1.29 is 14.3 Å². The molecule has 4 rings (SSSR count). The van der Waals surface area contributed by atoms with Gasteiger partial charge in [0.25, 0.3) is 11.8 Å². The predicted molar refractivity (Wildman–Crippen MR) is 108 cm³/mol. The molecule has 0 atom stereocenters. The van der Waals surface area contributed by atoms with Crippen LogP contribution in [0.25, 0.3) is 11.0 Å². The van der Waals surface area contributed by atoms with Crippen molar-refractivity contribution in [3.05, 3.63) is 72.3 Å². The van der Waals surface area contributed by atoms with E-state index >= 15 is 0 Å². The average molecular weight is 388 g/mol. The second-order valence-electron chi connectivity index (χ2n) is 6.93. The molecule has 29 heavy (non-hydrogen) atoms. The first-order valence-corrected chi connectivity index (χ1v) is 9.31. The lowest BCUT2D eigenvalue weighted by Crippen LogP contribution is -2.07. The Morgan fingerprint density at radius 1 is 1.00 bits per heavy atom. The van der Waals surface area contributed by atoms with E-state index in [1.54, 1.807) is 30.5 Å². The number of ether oxygens (including phenoxy) is 2. The van der Waals surface area contributed by atoms with E-state index in [-0.39, 0.29) is 11.7 Å². The molecule has 0 saturated heterocycles. The van der Waals surface area contributed by atoms with Crippen LogP contribution in [-0.4, -0.2) is 32.3 Å². The lowest BCUT2D eigenvalue weighted by molar-refractivity contribution is 0.103. The van der Waals surface area contributed by atoms with E-state index in [2.05, 4.69) is 33.8 Å². The van der Waals surface area contributed by atoms with Crippen LogP contribution >= 0.6 is 0 Å². The monoisotopic (exact) mass is 388 g/mol. The van der Waals surface area contributed by atoms with E-state index < -0.39 is 0 Å². The lowest BCUT2D eigenvalue weighted by atomic mass is 10.1. The number of aromatic amines is 1. The van der Waals surface area contributed by atoms with Crippen molar-refractivity contribution in [1.29, 1.82) is 0 Å². The zero-order valence-electron chi connectivity index (χ0n) is 16.1. The Labute approximate surface area is 167 Å². The molecular formula is C22H20N4O3. The van der Waals surface area contributed by atoms with Gasteiger partial charge in [-0.15, -0.1) is 0 Å². The largest absolute Gasteiger partial charge is 0.474 e. The number of aromatic nitrogens is 4. The molecule has 4 aromatic rings. The minimum absolute atomic E-state index is 0.187. The van der Waals surface area contributed by atoms with Gasteiger partial charge in [-0.1, -0.05) is 26.0 Å². The summed E-state index contributed by atoms with van der Waals surface area (Å²) in [6, 6.07) is 14.3. The molecule has 0 spiro atoms. The number of carbonyl (C=O) groups excluding carboxylic acids is 1. The van der Waals surface area contributed by atoms with E-state index in [1.165, 1.54) is 6.20 Å². The van der Waals surface area contributed by atoms with Crippen molar-refractivity contribution in [2.45, 2.75) is 13.8 Å². The maximum absolute atomic E-state index is 12.7. The van der Waals surface area contributed by atoms with Gasteiger partial charge < -0.3 is 14.5 Å². The zero-order chi connectivity index (χ0) is 20.2. The quantitative estimate of drug-likeness (QED) is 0.472. The summed E-state index contributed by atoms with van der Waals surface area (Å²) in [5, 5.41) is 0. The Morgan fingerprint density at radius 2 is 1.72 bits per heavy atom. The molecule has 0 aliphatic rings. The molecule has 0 unspecified atom stereocenters. The highest BCUT2D eigenvalue weighted by atomic mass is 16.5. The van der Waals surface area contributed by atoms with Crippen LogP contribution in [0.3, 0.4) is 0 Å². The summed E-state index contributed by atoms with van der Waals surface area (Å²) in [6.07, 6.45) is 3.09. The lowest BCUT2D eigenvalue weighted by Gasteiger charge is -2.11. The van der Waals surface area contributed by atoms with Crippen molar-refractivity contribution in [3.63, 3.8) is 0 Å². The Balaban J connectivity index is 1.50. The molecule has 0 fully saturated rings. The van der Waals surface area contributed by atoms with Crippen molar-refractivity contribution in [2.75, 3.05) is 6.61 Å². The van der Waals surface area contributed by atoms with Crippen LogP contribution in [0.2, 0.25) is 0 Å². The summed E-state index contributed by atoms with van der Waals surface area (Å²) in [7, 11) is 0. The number of benzene rings is 2. The fraction of sp³-hybridized carbons (Fsp3) is 0.182. The van der Waals surface area contributed by atoms with Crippen LogP contribution in [0.4, 0.5) is 0 Å². The SMILES string of the molecule is CC(C)COc1nccnc1Oc1ccc(C(=O)c2nc3ccccc3[nH]2)cc1. The normalized spacial score (nSPS) is 11.0. The molecule has 7 nitrogen and oxygen atoms in total. The van der Waals surface area contributed by atoms with E-state index in [0.717, 1.165) is 11.0 Å². The molecule has 2 aromatic carbocycles. The second kappa shape index (κ2) is 8.10. The standard InChI is InChI=1S/C22H20N4O3/c1-14(2)13-28-21-22(24-12-11-23-21)29-16-9-7-15(8-10-16)19(27)20-25-17-5-3-4-6-18(17)26-20/h3-12,14H,13H2,1-2H3,(H,25,26).